The zero-order valence-corrected chi connectivity index (χ0v) is 18.6. The van der Waals surface area contributed by atoms with Crippen LogP contribution in [0.5, 0.6) is 11.5 Å². The average molecular weight is 449 g/mol. The van der Waals surface area contributed by atoms with Gasteiger partial charge in [0.05, 0.1) is 35.8 Å². The molecule has 0 N–H and O–H groups in total. The number of nitrogens with zero attached hydrogens (tertiary/aromatic N) is 2. The standard InChI is InChI=1S/C23H26Cl2N2O3/c1-26(14-17-5-2-6-18(24)23(17)25)15-22(28)27-10-3-7-19(27)16-8-9-20-21(13-16)30-12-4-11-29-20/h2,5-6,8-9,13,19H,3-4,7,10-12,14-15H2,1H3/t19-/m1/s1. The van der Waals surface area contributed by atoms with Crippen LogP contribution < -0.4 is 9.47 Å². The molecular weight excluding hydrogens is 423 g/mol. The third kappa shape index (κ3) is 4.69. The number of ether oxygens (including phenoxy) is 2. The molecule has 2 aromatic rings. The van der Waals surface area contributed by atoms with Crippen molar-refractivity contribution in [1.82, 2.24) is 9.80 Å². The van der Waals surface area contributed by atoms with Crippen LogP contribution in [-0.2, 0) is 11.3 Å². The molecule has 4 rings (SSSR count). The smallest absolute Gasteiger partial charge is 0.237 e. The molecule has 1 fully saturated rings. The predicted octanol–water partition coefficient (Wildman–Crippen LogP) is 4.95. The van der Waals surface area contributed by atoms with Crippen molar-refractivity contribution in [2.45, 2.75) is 31.8 Å². The molecule has 2 heterocycles. The predicted molar refractivity (Wildman–Crippen MR) is 119 cm³/mol. The monoisotopic (exact) mass is 448 g/mol. The number of benzene rings is 2. The van der Waals surface area contributed by atoms with Gasteiger partial charge in [0.2, 0.25) is 5.91 Å². The lowest BCUT2D eigenvalue weighted by atomic mass is 10.0. The van der Waals surface area contributed by atoms with Crippen molar-refractivity contribution < 1.29 is 14.3 Å². The molecule has 5 nitrogen and oxygen atoms in total. The van der Waals surface area contributed by atoms with Gasteiger partial charge in [-0.15, -0.1) is 0 Å². The van der Waals surface area contributed by atoms with E-state index in [0.717, 1.165) is 48.4 Å². The van der Waals surface area contributed by atoms with Crippen molar-refractivity contribution in [3.8, 4) is 11.5 Å². The van der Waals surface area contributed by atoms with Gasteiger partial charge in [-0.3, -0.25) is 9.69 Å². The molecule has 160 valence electrons. The fraction of sp³-hybridized carbons (Fsp3) is 0.435. The zero-order chi connectivity index (χ0) is 21.1. The largest absolute Gasteiger partial charge is 0.490 e. The highest BCUT2D eigenvalue weighted by Gasteiger charge is 2.31. The Morgan fingerprint density at radius 1 is 1.13 bits per heavy atom. The number of fused-ring (bicyclic) bond motifs is 1. The Balaban J connectivity index is 1.43. The molecule has 7 heteroatoms. The number of carbonyl (C=O) groups excluding carboxylic acids is 1. The summed E-state index contributed by atoms with van der Waals surface area (Å²) in [5.74, 6) is 1.67. The van der Waals surface area contributed by atoms with Crippen molar-refractivity contribution in [3.05, 3.63) is 57.6 Å². The first-order valence-corrected chi connectivity index (χ1v) is 11.1. The summed E-state index contributed by atoms with van der Waals surface area (Å²) < 4.78 is 11.6. The van der Waals surface area contributed by atoms with E-state index in [1.165, 1.54) is 0 Å². The fourth-order valence-corrected chi connectivity index (χ4v) is 4.52. The Bertz CT molecular complexity index is 921. The SMILES string of the molecule is CN(CC(=O)N1CCC[C@@H]1c1ccc2c(c1)OCCCO2)Cc1cccc(Cl)c1Cl. The number of hydrogen-bond donors (Lipinski definition) is 0. The van der Waals surface area contributed by atoms with E-state index in [-0.39, 0.29) is 11.9 Å². The van der Waals surface area contributed by atoms with Gasteiger partial charge < -0.3 is 14.4 Å². The van der Waals surface area contributed by atoms with Crippen LogP contribution in [0.2, 0.25) is 10.0 Å². The van der Waals surface area contributed by atoms with Gasteiger partial charge in [-0.1, -0.05) is 41.4 Å². The van der Waals surface area contributed by atoms with E-state index < -0.39 is 0 Å². The van der Waals surface area contributed by atoms with Crippen molar-refractivity contribution in [1.29, 1.82) is 0 Å². The van der Waals surface area contributed by atoms with Gasteiger partial charge in [-0.2, -0.15) is 0 Å². The third-order valence-electron chi connectivity index (χ3n) is 5.61. The van der Waals surface area contributed by atoms with E-state index in [2.05, 4.69) is 6.07 Å². The van der Waals surface area contributed by atoms with Gasteiger partial charge in [0.25, 0.3) is 0 Å². The second kappa shape index (κ2) is 9.46. The molecule has 30 heavy (non-hydrogen) atoms. The number of likely N-dealkylation sites (tertiary alicyclic amines) is 1. The first kappa shape index (κ1) is 21.3. The average Bonchev–Trinajstić information content (AvgIpc) is 3.10. The minimum atomic E-state index is 0.0674. The van der Waals surface area contributed by atoms with Gasteiger partial charge in [0.15, 0.2) is 11.5 Å². The molecule has 1 atom stereocenters. The molecular formula is C23H26Cl2N2O3. The molecule has 0 spiro atoms. The van der Waals surface area contributed by atoms with Crippen molar-refractivity contribution in [3.63, 3.8) is 0 Å². The van der Waals surface area contributed by atoms with E-state index in [0.29, 0.717) is 36.3 Å². The molecule has 0 unspecified atom stereocenters. The summed E-state index contributed by atoms with van der Waals surface area (Å²) in [4.78, 5) is 17.1. The van der Waals surface area contributed by atoms with Crippen LogP contribution in [0.15, 0.2) is 36.4 Å². The Kier molecular flexibility index (Phi) is 6.71. The molecule has 2 aliphatic rings. The van der Waals surface area contributed by atoms with E-state index in [9.17, 15) is 4.79 Å². The van der Waals surface area contributed by atoms with Gasteiger partial charge in [-0.05, 0) is 49.2 Å². The maximum absolute atomic E-state index is 13.1. The van der Waals surface area contributed by atoms with Crippen LogP contribution >= 0.6 is 23.2 Å². The van der Waals surface area contributed by atoms with Crippen LogP contribution in [0, 0.1) is 0 Å². The number of rotatable bonds is 5. The first-order chi connectivity index (χ1) is 14.5. The Morgan fingerprint density at radius 3 is 2.77 bits per heavy atom. The number of likely N-dealkylation sites (N-methyl/N-ethyl adjacent to an activating group) is 1. The van der Waals surface area contributed by atoms with Crippen molar-refractivity contribution >= 4 is 29.1 Å². The summed E-state index contributed by atoms with van der Waals surface area (Å²) in [5, 5.41) is 1.08. The molecule has 0 saturated carbocycles. The number of halogens is 2. The van der Waals surface area contributed by atoms with Gasteiger partial charge in [0.1, 0.15) is 0 Å². The number of carbonyl (C=O) groups is 1. The molecule has 0 aromatic heterocycles. The molecule has 0 bridgehead atoms. The minimum absolute atomic E-state index is 0.0674. The molecule has 0 radical (unpaired) electrons. The van der Waals surface area contributed by atoms with E-state index in [1.807, 2.05) is 41.1 Å². The van der Waals surface area contributed by atoms with Crippen LogP contribution in [0.3, 0.4) is 0 Å². The summed E-state index contributed by atoms with van der Waals surface area (Å²) in [5.41, 5.74) is 2.02. The third-order valence-corrected chi connectivity index (χ3v) is 6.46. The van der Waals surface area contributed by atoms with E-state index in [1.54, 1.807) is 6.07 Å². The Hall–Kier alpha value is -1.95. The van der Waals surface area contributed by atoms with Crippen molar-refractivity contribution in [2.75, 3.05) is 33.4 Å². The van der Waals surface area contributed by atoms with Crippen LogP contribution in [0.25, 0.3) is 0 Å². The van der Waals surface area contributed by atoms with Gasteiger partial charge in [-0.25, -0.2) is 0 Å². The van der Waals surface area contributed by atoms with E-state index in [4.69, 9.17) is 32.7 Å². The van der Waals surface area contributed by atoms with Gasteiger partial charge >= 0.3 is 0 Å². The Morgan fingerprint density at radius 2 is 1.93 bits per heavy atom. The fourth-order valence-electron chi connectivity index (χ4n) is 4.14. The van der Waals surface area contributed by atoms with Crippen molar-refractivity contribution in [2.24, 2.45) is 0 Å². The van der Waals surface area contributed by atoms with Crippen LogP contribution in [0.4, 0.5) is 0 Å². The highest BCUT2D eigenvalue weighted by atomic mass is 35.5. The number of amides is 1. The quantitative estimate of drug-likeness (QED) is 0.648. The summed E-state index contributed by atoms with van der Waals surface area (Å²) in [7, 11) is 1.92. The second-order valence-electron chi connectivity index (χ2n) is 7.89. The summed E-state index contributed by atoms with van der Waals surface area (Å²) in [6.45, 7) is 2.98. The molecule has 1 saturated heterocycles. The van der Waals surface area contributed by atoms with Gasteiger partial charge in [0, 0.05) is 19.5 Å². The second-order valence-corrected chi connectivity index (χ2v) is 8.67. The Labute approximate surface area is 187 Å². The number of hydrogen-bond acceptors (Lipinski definition) is 4. The topological polar surface area (TPSA) is 42.0 Å². The maximum atomic E-state index is 13.1. The summed E-state index contributed by atoms with van der Waals surface area (Å²) >= 11 is 12.4. The minimum Gasteiger partial charge on any atom is -0.490 e. The summed E-state index contributed by atoms with van der Waals surface area (Å²) in [6.07, 6.45) is 2.82. The zero-order valence-electron chi connectivity index (χ0n) is 17.1. The molecule has 2 aliphatic heterocycles. The summed E-state index contributed by atoms with van der Waals surface area (Å²) in [6, 6.07) is 11.7. The lowest BCUT2D eigenvalue weighted by Crippen LogP contribution is -2.38. The maximum Gasteiger partial charge on any atom is 0.237 e. The highest BCUT2D eigenvalue weighted by molar-refractivity contribution is 6.42. The van der Waals surface area contributed by atoms with Crippen LogP contribution in [-0.4, -0.2) is 49.1 Å². The molecule has 2 aromatic carbocycles. The molecule has 1 amide bonds. The normalized spacial score (nSPS) is 18.5. The lowest BCUT2D eigenvalue weighted by molar-refractivity contribution is -0.133. The van der Waals surface area contributed by atoms with Crippen LogP contribution in [0.1, 0.15) is 36.4 Å². The molecule has 0 aliphatic carbocycles. The highest BCUT2D eigenvalue weighted by Crippen LogP contribution is 2.38. The first-order valence-electron chi connectivity index (χ1n) is 10.3. The lowest BCUT2D eigenvalue weighted by Gasteiger charge is -2.28. The van der Waals surface area contributed by atoms with E-state index >= 15 is 0 Å².